The molecule has 3 rings (SSSR count). The van der Waals surface area contributed by atoms with E-state index in [1.165, 1.54) is 6.42 Å². The maximum atomic E-state index is 12.5. The van der Waals surface area contributed by atoms with Gasteiger partial charge in [-0.1, -0.05) is 32.0 Å². The molecule has 0 unspecified atom stereocenters. The second kappa shape index (κ2) is 8.31. The summed E-state index contributed by atoms with van der Waals surface area (Å²) in [6, 6.07) is 3.92. The standard InChI is InChI=1S/C19H28N4O2S/c1-19(2,3)8-9-22-10-12-23(13-11-22)17(24)7-6-16-20-18(21-25-16)15-5-4-14-26-15/h4-5,14H,6-13H2,1-3H3. The van der Waals surface area contributed by atoms with Crippen molar-refractivity contribution in [2.45, 2.75) is 40.0 Å². The summed E-state index contributed by atoms with van der Waals surface area (Å²) in [5.74, 6) is 1.32. The summed E-state index contributed by atoms with van der Waals surface area (Å²) in [5, 5.41) is 5.97. The van der Waals surface area contributed by atoms with Crippen LogP contribution in [0.25, 0.3) is 10.7 Å². The summed E-state index contributed by atoms with van der Waals surface area (Å²) in [6.45, 7) is 11.5. The zero-order valence-electron chi connectivity index (χ0n) is 15.9. The summed E-state index contributed by atoms with van der Waals surface area (Å²) in [5.41, 5.74) is 0.360. The summed E-state index contributed by atoms with van der Waals surface area (Å²) >= 11 is 1.58. The molecule has 1 aliphatic heterocycles. The van der Waals surface area contributed by atoms with Crippen LogP contribution in [-0.4, -0.2) is 58.6 Å². The number of hydrogen-bond donors (Lipinski definition) is 0. The van der Waals surface area contributed by atoms with Crippen molar-refractivity contribution in [1.82, 2.24) is 19.9 Å². The van der Waals surface area contributed by atoms with Gasteiger partial charge in [-0.3, -0.25) is 9.69 Å². The van der Waals surface area contributed by atoms with Crippen LogP contribution in [0.1, 0.15) is 39.5 Å². The lowest BCUT2D eigenvalue weighted by atomic mass is 9.92. The minimum atomic E-state index is 0.177. The van der Waals surface area contributed by atoms with E-state index in [1.54, 1.807) is 11.3 Å². The second-order valence-electron chi connectivity index (χ2n) is 8.02. The Balaban J connectivity index is 1.41. The lowest BCUT2D eigenvalue weighted by Crippen LogP contribution is -2.49. The van der Waals surface area contributed by atoms with Crippen LogP contribution < -0.4 is 0 Å². The van der Waals surface area contributed by atoms with E-state index in [0.29, 0.717) is 30.0 Å². The van der Waals surface area contributed by atoms with E-state index in [9.17, 15) is 4.79 Å². The molecule has 1 saturated heterocycles. The number of amides is 1. The third-order valence-electron chi connectivity index (χ3n) is 4.67. The van der Waals surface area contributed by atoms with Crippen LogP contribution in [0.5, 0.6) is 0 Å². The maximum Gasteiger partial charge on any atom is 0.227 e. The minimum absolute atomic E-state index is 0.177. The third kappa shape index (κ3) is 5.38. The molecule has 2 aromatic heterocycles. The normalized spacial score (nSPS) is 16.2. The van der Waals surface area contributed by atoms with E-state index in [2.05, 4.69) is 35.8 Å². The summed E-state index contributed by atoms with van der Waals surface area (Å²) in [4.78, 5) is 22.2. The first-order chi connectivity index (χ1) is 12.4. The van der Waals surface area contributed by atoms with Gasteiger partial charge in [0.15, 0.2) is 0 Å². The molecule has 1 aliphatic rings. The third-order valence-corrected chi connectivity index (χ3v) is 5.53. The van der Waals surface area contributed by atoms with E-state index in [0.717, 1.165) is 37.6 Å². The van der Waals surface area contributed by atoms with Crippen LogP contribution >= 0.6 is 11.3 Å². The van der Waals surface area contributed by atoms with Crippen LogP contribution in [0.2, 0.25) is 0 Å². The first-order valence-corrected chi connectivity index (χ1v) is 10.2. The highest BCUT2D eigenvalue weighted by molar-refractivity contribution is 7.13. The Morgan fingerprint density at radius 3 is 2.69 bits per heavy atom. The molecule has 0 spiro atoms. The Bertz CT molecular complexity index is 697. The number of nitrogens with zero attached hydrogens (tertiary/aromatic N) is 4. The number of thiophene rings is 1. The number of aromatic nitrogens is 2. The van der Waals surface area contributed by atoms with Crippen LogP contribution in [-0.2, 0) is 11.2 Å². The Hall–Kier alpha value is -1.73. The SMILES string of the molecule is CC(C)(C)CCN1CCN(C(=O)CCc2nc(-c3cccs3)no2)CC1. The highest BCUT2D eigenvalue weighted by atomic mass is 32.1. The van der Waals surface area contributed by atoms with E-state index >= 15 is 0 Å². The zero-order chi connectivity index (χ0) is 18.6. The largest absolute Gasteiger partial charge is 0.340 e. The molecule has 0 N–H and O–H groups in total. The number of piperazine rings is 1. The van der Waals surface area contributed by atoms with Crippen LogP contribution in [0.15, 0.2) is 22.0 Å². The van der Waals surface area contributed by atoms with Crippen molar-refractivity contribution in [3.63, 3.8) is 0 Å². The smallest absolute Gasteiger partial charge is 0.227 e. The van der Waals surface area contributed by atoms with E-state index in [-0.39, 0.29) is 5.91 Å². The maximum absolute atomic E-state index is 12.5. The number of hydrogen-bond acceptors (Lipinski definition) is 6. The lowest BCUT2D eigenvalue weighted by Gasteiger charge is -2.36. The molecule has 3 heterocycles. The van der Waals surface area contributed by atoms with Crippen molar-refractivity contribution >= 4 is 17.2 Å². The van der Waals surface area contributed by atoms with E-state index < -0.39 is 0 Å². The fourth-order valence-electron chi connectivity index (χ4n) is 2.95. The predicted octanol–water partition coefficient (Wildman–Crippen LogP) is 3.31. The Morgan fingerprint density at radius 2 is 2.04 bits per heavy atom. The van der Waals surface area contributed by atoms with Crippen LogP contribution in [0.3, 0.4) is 0 Å². The van der Waals surface area contributed by atoms with Gasteiger partial charge in [-0.2, -0.15) is 4.98 Å². The van der Waals surface area contributed by atoms with Crippen molar-refractivity contribution < 1.29 is 9.32 Å². The number of carbonyl (C=O) groups excluding carboxylic acids is 1. The molecule has 26 heavy (non-hydrogen) atoms. The van der Waals surface area contributed by atoms with Crippen molar-refractivity contribution in [2.75, 3.05) is 32.7 Å². The quantitative estimate of drug-likeness (QED) is 0.774. The molecule has 1 fully saturated rings. The van der Waals surface area contributed by atoms with Gasteiger partial charge in [0.2, 0.25) is 17.6 Å². The monoisotopic (exact) mass is 376 g/mol. The van der Waals surface area contributed by atoms with Gasteiger partial charge >= 0.3 is 0 Å². The van der Waals surface area contributed by atoms with Gasteiger partial charge in [-0.05, 0) is 29.8 Å². The average molecular weight is 377 g/mol. The topological polar surface area (TPSA) is 62.5 Å². The molecule has 0 saturated carbocycles. The molecular formula is C19H28N4O2S. The van der Waals surface area contributed by atoms with Crippen molar-refractivity contribution in [3.8, 4) is 10.7 Å². The second-order valence-corrected chi connectivity index (χ2v) is 8.97. The van der Waals surface area contributed by atoms with Crippen LogP contribution in [0, 0.1) is 5.41 Å². The molecule has 1 amide bonds. The highest BCUT2D eigenvalue weighted by Crippen LogP contribution is 2.22. The summed E-state index contributed by atoms with van der Waals surface area (Å²) < 4.78 is 5.27. The molecule has 0 bridgehead atoms. The molecular weight excluding hydrogens is 348 g/mol. The predicted molar refractivity (Wildman–Crippen MR) is 103 cm³/mol. The molecule has 6 nitrogen and oxygen atoms in total. The van der Waals surface area contributed by atoms with Crippen molar-refractivity contribution in [3.05, 3.63) is 23.4 Å². The van der Waals surface area contributed by atoms with Gasteiger partial charge in [0.1, 0.15) is 0 Å². The van der Waals surface area contributed by atoms with Gasteiger partial charge < -0.3 is 9.42 Å². The van der Waals surface area contributed by atoms with Gasteiger partial charge in [0.05, 0.1) is 4.88 Å². The number of carbonyl (C=O) groups is 1. The van der Waals surface area contributed by atoms with E-state index in [1.807, 2.05) is 22.4 Å². The Morgan fingerprint density at radius 1 is 1.27 bits per heavy atom. The fraction of sp³-hybridized carbons (Fsp3) is 0.632. The van der Waals surface area contributed by atoms with Gasteiger partial charge in [0.25, 0.3) is 0 Å². The molecule has 2 aromatic rings. The molecule has 0 aliphatic carbocycles. The van der Waals surface area contributed by atoms with Crippen LogP contribution in [0.4, 0.5) is 0 Å². The molecule has 7 heteroatoms. The number of aryl methyl sites for hydroxylation is 1. The first kappa shape index (κ1) is 19.0. The molecule has 142 valence electrons. The zero-order valence-corrected chi connectivity index (χ0v) is 16.7. The fourth-order valence-corrected chi connectivity index (χ4v) is 3.60. The van der Waals surface area contributed by atoms with Crippen molar-refractivity contribution in [2.24, 2.45) is 5.41 Å². The van der Waals surface area contributed by atoms with Crippen molar-refractivity contribution in [1.29, 1.82) is 0 Å². The average Bonchev–Trinajstić information content (AvgIpc) is 3.29. The molecule has 0 atom stereocenters. The molecule has 0 aromatic carbocycles. The van der Waals surface area contributed by atoms with Gasteiger partial charge in [-0.25, -0.2) is 0 Å². The van der Waals surface area contributed by atoms with E-state index in [4.69, 9.17) is 4.52 Å². The first-order valence-electron chi connectivity index (χ1n) is 9.27. The highest BCUT2D eigenvalue weighted by Gasteiger charge is 2.22. The lowest BCUT2D eigenvalue weighted by molar-refractivity contribution is -0.133. The summed E-state index contributed by atoms with van der Waals surface area (Å²) in [7, 11) is 0. The minimum Gasteiger partial charge on any atom is -0.340 e. The Kier molecular flexibility index (Phi) is 6.09. The molecule has 0 radical (unpaired) electrons. The Labute approximate surface area is 159 Å². The van der Waals surface area contributed by atoms with Gasteiger partial charge in [-0.15, -0.1) is 11.3 Å². The van der Waals surface area contributed by atoms with Gasteiger partial charge in [0, 0.05) is 39.0 Å². The summed E-state index contributed by atoms with van der Waals surface area (Å²) in [6.07, 6.45) is 2.11. The number of rotatable bonds is 6.